The van der Waals surface area contributed by atoms with Gasteiger partial charge in [0.05, 0.1) is 5.60 Å². The molecule has 2 atom stereocenters. The van der Waals surface area contributed by atoms with Crippen molar-refractivity contribution < 1.29 is 5.11 Å². The third-order valence-electron chi connectivity index (χ3n) is 3.71. The fraction of sp³-hybridized carbons (Fsp3) is 1.00. The molecule has 3 heteroatoms. The molecule has 15 heavy (non-hydrogen) atoms. The number of hydrogen-bond donors (Lipinski definition) is 2. The molecule has 0 saturated carbocycles. The van der Waals surface area contributed by atoms with Crippen LogP contribution in [0.15, 0.2) is 0 Å². The molecule has 2 saturated heterocycles. The van der Waals surface area contributed by atoms with Gasteiger partial charge in [-0.25, -0.2) is 0 Å². The SMILES string of the molecule is CC(C)(O)CCN1CC2CCCNC2C1. The van der Waals surface area contributed by atoms with Crippen LogP contribution >= 0.6 is 0 Å². The molecule has 0 aromatic rings. The van der Waals surface area contributed by atoms with Crippen molar-refractivity contribution in [3.05, 3.63) is 0 Å². The van der Waals surface area contributed by atoms with E-state index in [2.05, 4.69) is 10.2 Å². The highest BCUT2D eigenvalue weighted by Crippen LogP contribution is 2.25. The molecule has 2 heterocycles. The third-order valence-corrected chi connectivity index (χ3v) is 3.71. The summed E-state index contributed by atoms with van der Waals surface area (Å²) in [6, 6.07) is 0.723. The van der Waals surface area contributed by atoms with Crippen molar-refractivity contribution in [3.63, 3.8) is 0 Å². The van der Waals surface area contributed by atoms with Crippen LogP contribution in [0.3, 0.4) is 0 Å². The molecule has 2 rings (SSSR count). The standard InChI is InChI=1S/C12H24N2O/c1-12(2,15)5-7-14-8-10-4-3-6-13-11(10)9-14/h10-11,13,15H,3-9H2,1-2H3. The zero-order chi connectivity index (χ0) is 10.9. The minimum Gasteiger partial charge on any atom is -0.390 e. The van der Waals surface area contributed by atoms with Gasteiger partial charge in [0.2, 0.25) is 0 Å². The lowest BCUT2D eigenvalue weighted by atomic mass is 9.94. The van der Waals surface area contributed by atoms with Gasteiger partial charge in [-0.05, 0) is 45.6 Å². The van der Waals surface area contributed by atoms with Crippen LogP contribution in [0.5, 0.6) is 0 Å². The Labute approximate surface area is 92.8 Å². The van der Waals surface area contributed by atoms with E-state index in [9.17, 15) is 5.11 Å². The van der Waals surface area contributed by atoms with Gasteiger partial charge in [-0.2, -0.15) is 0 Å². The first kappa shape index (κ1) is 11.4. The van der Waals surface area contributed by atoms with Gasteiger partial charge in [-0.15, -0.1) is 0 Å². The number of rotatable bonds is 3. The second kappa shape index (κ2) is 4.40. The van der Waals surface area contributed by atoms with Gasteiger partial charge in [0.25, 0.3) is 0 Å². The third kappa shape index (κ3) is 3.16. The van der Waals surface area contributed by atoms with E-state index >= 15 is 0 Å². The Morgan fingerprint density at radius 3 is 2.87 bits per heavy atom. The first-order chi connectivity index (χ1) is 7.04. The largest absolute Gasteiger partial charge is 0.390 e. The predicted molar refractivity (Wildman–Crippen MR) is 61.9 cm³/mol. The summed E-state index contributed by atoms with van der Waals surface area (Å²) in [6.07, 6.45) is 3.60. The van der Waals surface area contributed by atoms with Crippen molar-refractivity contribution in [1.29, 1.82) is 0 Å². The van der Waals surface area contributed by atoms with E-state index in [4.69, 9.17) is 0 Å². The lowest BCUT2D eigenvalue weighted by Crippen LogP contribution is -2.40. The van der Waals surface area contributed by atoms with E-state index in [1.165, 1.54) is 32.5 Å². The summed E-state index contributed by atoms with van der Waals surface area (Å²) >= 11 is 0. The highest BCUT2D eigenvalue weighted by atomic mass is 16.3. The maximum Gasteiger partial charge on any atom is 0.0603 e. The molecule has 0 spiro atoms. The van der Waals surface area contributed by atoms with Crippen LogP contribution in [0, 0.1) is 5.92 Å². The first-order valence-corrected chi connectivity index (χ1v) is 6.23. The van der Waals surface area contributed by atoms with Gasteiger partial charge in [0, 0.05) is 25.7 Å². The molecule has 0 aromatic carbocycles. The zero-order valence-corrected chi connectivity index (χ0v) is 10.00. The normalized spacial score (nSPS) is 33.0. The molecule has 0 aromatic heterocycles. The molecule has 0 amide bonds. The Morgan fingerprint density at radius 1 is 1.40 bits per heavy atom. The summed E-state index contributed by atoms with van der Waals surface area (Å²) < 4.78 is 0. The lowest BCUT2D eigenvalue weighted by Gasteiger charge is -2.24. The lowest BCUT2D eigenvalue weighted by molar-refractivity contribution is 0.0600. The average Bonchev–Trinajstić information content (AvgIpc) is 2.56. The Kier molecular flexibility index (Phi) is 3.33. The summed E-state index contributed by atoms with van der Waals surface area (Å²) in [5.74, 6) is 0.862. The van der Waals surface area contributed by atoms with Crippen molar-refractivity contribution in [1.82, 2.24) is 10.2 Å². The molecule has 0 bridgehead atoms. The van der Waals surface area contributed by atoms with Crippen molar-refractivity contribution in [2.45, 2.75) is 44.8 Å². The number of aliphatic hydroxyl groups is 1. The number of hydrogen-bond acceptors (Lipinski definition) is 3. The van der Waals surface area contributed by atoms with E-state index in [0.29, 0.717) is 0 Å². The topological polar surface area (TPSA) is 35.5 Å². The van der Waals surface area contributed by atoms with Crippen LogP contribution in [-0.2, 0) is 0 Å². The van der Waals surface area contributed by atoms with Gasteiger partial charge >= 0.3 is 0 Å². The van der Waals surface area contributed by atoms with Crippen LogP contribution < -0.4 is 5.32 Å². The molecule has 88 valence electrons. The van der Waals surface area contributed by atoms with Crippen molar-refractivity contribution >= 4 is 0 Å². The van der Waals surface area contributed by atoms with E-state index < -0.39 is 5.60 Å². The van der Waals surface area contributed by atoms with Crippen molar-refractivity contribution in [2.24, 2.45) is 5.92 Å². The second-order valence-corrected chi connectivity index (χ2v) is 5.78. The van der Waals surface area contributed by atoms with Gasteiger partial charge in [-0.1, -0.05) is 0 Å². The molecule has 0 radical (unpaired) electrons. The number of nitrogens with zero attached hydrogens (tertiary/aromatic N) is 1. The summed E-state index contributed by atoms with van der Waals surface area (Å²) in [4.78, 5) is 2.51. The van der Waals surface area contributed by atoms with Crippen LogP contribution in [-0.4, -0.2) is 47.8 Å². The van der Waals surface area contributed by atoms with E-state index in [1.54, 1.807) is 0 Å². The van der Waals surface area contributed by atoms with Gasteiger partial charge < -0.3 is 15.3 Å². The number of piperidine rings is 1. The smallest absolute Gasteiger partial charge is 0.0603 e. The Hall–Kier alpha value is -0.120. The second-order valence-electron chi connectivity index (χ2n) is 5.78. The fourth-order valence-corrected chi connectivity index (χ4v) is 2.75. The van der Waals surface area contributed by atoms with Crippen LogP contribution in [0.4, 0.5) is 0 Å². The van der Waals surface area contributed by atoms with Crippen LogP contribution in [0.25, 0.3) is 0 Å². The predicted octanol–water partition coefficient (Wildman–Crippen LogP) is 0.831. The van der Waals surface area contributed by atoms with E-state index in [-0.39, 0.29) is 0 Å². The quantitative estimate of drug-likeness (QED) is 0.727. The highest BCUT2D eigenvalue weighted by Gasteiger charge is 2.34. The molecule has 3 nitrogen and oxygen atoms in total. The van der Waals surface area contributed by atoms with Gasteiger partial charge in [0.1, 0.15) is 0 Å². The fourth-order valence-electron chi connectivity index (χ4n) is 2.75. The molecule has 2 aliphatic rings. The first-order valence-electron chi connectivity index (χ1n) is 6.23. The van der Waals surface area contributed by atoms with Crippen LogP contribution in [0.1, 0.15) is 33.1 Å². The Morgan fingerprint density at radius 2 is 2.20 bits per heavy atom. The number of nitrogens with one attached hydrogen (secondary N) is 1. The summed E-state index contributed by atoms with van der Waals surface area (Å²) in [7, 11) is 0. The van der Waals surface area contributed by atoms with E-state index in [1.807, 2.05) is 13.8 Å². The summed E-state index contributed by atoms with van der Waals surface area (Å²) in [5.41, 5.74) is -0.513. The highest BCUT2D eigenvalue weighted by molar-refractivity contribution is 4.92. The van der Waals surface area contributed by atoms with Gasteiger partial charge in [-0.3, -0.25) is 0 Å². The Balaban J connectivity index is 1.77. The molecule has 2 fully saturated rings. The molecule has 0 aliphatic carbocycles. The van der Waals surface area contributed by atoms with E-state index in [0.717, 1.165) is 24.9 Å². The monoisotopic (exact) mass is 212 g/mol. The average molecular weight is 212 g/mol. The summed E-state index contributed by atoms with van der Waals surface area (Å²) in [6.45, 7) is 8.44. The molecular weight excluding hydrogens is 188 g/mol. The number of fused-ring (bicyclic) bond motifs is 1. The summed E-state index contributed by atoms with van der Waals surface area (Å²) in [5, 5.41) is 13.3. The van der Waals surface area contributed by atoms with Crippen LogP contribution in [0.2, 0.25) is 0 Å². The molecule has 2 aliphatic heterocycles. The molecule has 2 unspecified atom stereocenters. The maximum absolute atomic E-state index is 9.69. The minimum absolute atomic E-state index is 0.513. The van der Waals surface area contributed by atoms with Crippen molar-refractivity contribution in [2.75, 3.05) is 26.2 Å². The maximum atomic E-state index is 9.69. The molecule has 2 N–H and O–H groups in total. The Bertz CT molecular complexity index is 198. The number of likely N-dealkylation sites (tertiary alicyclic amines) is 1. The van der Waals surface area contributed by atoms with Gasteiger partial charge in [0.15, 0.2) is 0 Å². The minimum atomic E-state index is -0.513. The van der Waals surface area contributed by atoms with Crippen molar-refractivity contribution in [3.8, 4) is 0 Å². The zero-order valence-electron chi connectivity index (χ0n) is 10.00. The molecular formula is C12H24N2O.